The number of ether oxygens (including phenoxy) is 1. The van der Waals surface area contributed by atoms with Crippen molar-refractivity contribution in [1.82, 2.24) is 19.7 Å². The zero-order valence-corrected chi connectivity index (χ0v) is 13.6. The number of aromatic nitrogens is 3. The van der Waals surface area contributed by atoms with Crippen LogP contribution in [0.3, 0.4) is 0 Å². The molecule has 0 saturated heterocycles. The van der Waals surface area contributed by atoms with Gasteiger partial charge in [0.15, 0.2) is 0 Å². The lowest BCUT2D eigenvalue weighted by Crippen LogP contribution is -2.28. The summed E-state index contributed by atoms with van der Waals surface area (Å²) in [5, 5.41) is 4.19. The molecule has 1 aliphatic carbocycles. The van der Waals surface area contributed by atoms with Crippen LogP contribution in [0.25, 0.3) is 0 Å². The SMILES string of the molecule is CCc1ccc(CN(Cn2cnc(C(=O)OC)n2)C2CC2)cc1. The zero-order valence-electron chi connectivity index (χ0n) is 13.6. The molecular weight excluding hydrogens is 292 g/mol. The lowest BCUT2D eigenvalue weighted by atomic mass is 10.1. The van der Waals surface area contributed by atoms with Crippen molar-refractivity contribution >= 4 is 5.97 Å². The van der Waals surface area contributed by atoms with Gasteiger partial charge >= 0.3 is 5.97 Å². The average molecular weight is 314 g/mol. The van der Waals surface area contributed by atoms with E-state index in [1.165, 1.54) is 31.1 Å². The highest BCUT2D eigenvalue weighted by molar-refractivity contribution is 5.84. The van der Waals surface area contributed by atoms with Crippen molar-refractivity contribution in [2.45, 2.75) is 45.4 Å². The first-order chi connectivity index (χ1) is 11.2. The Balaban J connectivity index is 1.67. The Morgan fingerprint density at radius 3 is 2.61 bits per heavy atom. The Labute approximate surface area is 136 Å². The van der Waals surface area contributed by atoms with Crippen molar-refractivity contribution < 1.29 is 9.53 Å². The van der Waals surface area contributed by atoms with Gasteiger partial charge in [-0.3, -0.25) is 4.90 Å². The monoisotopic (exact) mass is 314 g/mol. The molecule has 6 heteroatoms. The van der Waals surface area contributed by atoms with Gasteiger partial charge in [-0.2, -0.15) is 0 Å². The summed E-state index contributed by atoms with van der Waals surface area (Å²) >= 11 is 0. The molecule has 1 heterocycles. The molecule has 1 saturated carbocycles. The van der Waals surface area contributed by atoms with E-state index in [9.17, 15) is 4.79 Å². The van der Waals surface area contributed by atoms with Crippen molar-refractivity contribution in [3.63, 3.8) is 0 Å². The summed E-state index contributed by atoms with van der Waals surface area (Å²) in [5.74, 6) is -0.396. The van der Waals surface area contributed by atoms with Gasteiger partial charge in [-0.1, -0.05) is 31.2 Å². The molecule has 0 spiro atoms. The van der Waals surface area contributed by atoms with Gasteiger partial charge in [0.2, 0.25) is 0 Å². The second kappa shape index (κ2) is 6.91. The van der Waals surface area contributed by atoms with E-state index in [1.807, 2.05) is 0 Å². The first-order valence-corrected chi connectivity index (χ1v) is 7.99. The summed E-state index contributed by atoms with van der Waals surface area (Å²) in [6, 6.07) is 9.34. The van der Waals surface area contributed by atoms with Crippen LogP contribution in [-0.4, -0.2) is 38.8 Å². The zero-order chi connectivity index (χ0) is 16.2. The summed E-state index contributed by atoms with van der Waals surface area (Å²) in [5.41, 5.74) is 2.65. The third-order valence-corrected chi connectivity index (χ3v) is 4.11. The number of carbonyl (C=O) groups is 1. The molecule has 0 N–H and O–H groups in total. The number of esters is 1. The van der Waals surface area contributed by atoms with Gasteiger partial charge in [0.05, 0.1) is 13.8 Å². The van der Waals surface area contributed by atoms with Crippen molar-refractivity contribution in [2.24, 2.45) is 0 Å². The fourth-order valence-electron chi connectivity index (χ4n) is 2.58. The molecule has 1 aliphatic rings. The van der Waals surface area contributed by atoms with Gasteiger partial charge < -0.3 is 4.74 Å². The minimum Gasteiger partial charge on any atom is -0.463 e. The topological polar surface area (TPSA) is 60.2 Å². The number of carbonyl (C=O) groups excluding carboxylic acids is 1. The van der Waals surface area contributed by atoms with Crippen LogP contribution in [0.1, 0.15) is 41.5 Å². The van der Waals surface area contributed by atoms with Crippen LogP contribution in [0.5, 0.6) is 0 Å². The number of hydrogen-bond donors (Lipinski definition) is 0. The van der Waals surface area contributed by atoms with E-state index in [-0.39, 0.29) is 5.82 Å². The molecule has 0 radical (unpaired) electrons. The van der Waals surface area contributed by atoms with E-state index < -0.39 is 5.97 Å². The third-order valence-electron chi connectivity index (χ3n) is 4.11. The smallest absolute Gasteiger partial charge is 0.377 e. The summed E-state index contributed by atoms with van der Waals surface area (Å²) < 4.78 is 6.34. The molecule has 0 unspecified atom stereocenters. The van der Waals surface area contributed by atoms with E-state index in [4.69, 9.17) is 0 Å². The highest BCUT2D eigenvalue weighted by atomic mass is 16.5. The largest absolute Gasteiger partial charge is 0.463 e. The van der Waals surface area contributed by atoms with Crippen molar-refractivity contribution in [3.8, 4) is 0 Å². The number of hydrogen-bond acceptors (Lipinski definition) is 5. The van der Waals surface area contributed by atoms with Crippen molar-refractivity contribution in [2.75, 3.05) is 7.11 Å². The Kier molecular flexibility index (Phi) is 4.71. The number of benzene rings is 1. The summed E-state index contributed by atoms with van der Waals surface area (Å²) in [4.78, 5) is 17.8. The number of nitrogens with zero attached hydrogens (tertiary/aromatic N) is 4. The van der Waals surface area contributed by atoms with Gasteiger partial charge in [-0.15, -0.1) is 5.10 Å². The second-order valence-electron chi connectivity index (χ2n) is 5.89. The van der Waals surface area contributed by atoms with Crippen LogP contribution in [0.4, 0.5) is 0 Å². The summed E-state index contributed by atoms with van der Waals surface area (Å²) in [7, 11) is 1.33. The molecule has 122 valence electrons. The molecule has 0 aliphatic heterocycles. The standard InChI is InChI=1S/C17H22N4O2/c1-3-13-4-6-14(7-5-13)10-20(15-8-9-15)12-21-11-18-16(19-21)17(22)23-2/h4-7,11,15H,3,8-10,12H2,1-2H3. The van der Waals surface area contributed by atoms with Gasteiger partial charge in [0.25, 0.3) is 5.82 Å². The molecule has 1 aromatic heterocycles. The second-order valence-corrected chi connectivity index (χ2v) is 5.89. The Morgan fingerprint density at radius 2 is 2.00 bits per heavy atom. The van der Waals surface area contributed by atoms with E-state index in [1.54, 1.807) is 11.0 Å². The Bertz CT molecular complexity index is 661. The number of rotatable bonds is 7. The summed E-state index contributed by atoms with van der Waals surface area (Å²) in [6.45, 7) is 3.67. The van der Waals surface area contributed by atoms with Gasteiger partial charge in [-0.05, 0) is 30.4 Å². The quantitative estimate of drug-likeness (QED) is 0.734. The van der Waals surface area contributed by atoms with Crippen LogP contribution < -0.4 is 0 Å². The molecule has 2 aromatic rings. The van der Waals surface area contributed by atoms with Crippen LogP contribution in [0, 0.1) is 0 Å². The van der Waals surface area contributed by atoms with E-state index in [0.717, 1.165) is 13.0 Å². The molecule has 6 nitrogen and oxygen atoms in total. The number of methoxy groups -OCH3 is 1. The average Bonchev–Trinajstić information content (AvgIpc) is 3.33. The highest BCUT2D eigenvalue weighted by Crippen LogP contribution is 2.28. The van der Waals surface area contributed by atoms with Gasteiger partial charge in [0, 0.05) is 12.6 Å². The predicted octanol–water partition coefficient (Wildman–Crippen LogP) is 2.25. The molecule has 3 rings (SSSR count). The fraction of sp³-hybridized carbons (Fsp3) is 0.471. The van der Waals surface area contributed by atoms with Crippen LogP contribution in [0.15, 0.2) is 30.6 Å². The lowest BCUT2D eigenvalue weighted by molar-refractivity contribution is 0.0585. The minimum absolute atomic E-state index is 0.107. The summed E-state index contributed by atoms with van der Waals surface area (Å²) in [6.07, 6.45) is 5.07. The first kappa shape index (κ1) is 15.7. The molecule has 1 fully saturated rings. The van der Waals surface area contributed by atoms with Crippen molar-refractivity contribution in [1.29, 1.82) is 0 Å². The van der Waals surface area contributed by atoms with Crippen LogP contribution >= 0.6 is 0 Å². The first-order valence-electron chi connectivity index (χ1n) is 7.99. The highest BCUT2D eigenvalue weighted by Gasteiger charge is 2.29. The molecule has 0 amide bonds. The van der Waals surface area contributed by atoms with Crippen LogP contribution in [-0.2, 0) is 24.4 Å². The molecule has 1 aromatic carbocycles. The lowest BCUT2D eigenvalue weighted by Gasteiger charge is -2.21. The normalized spacial score (nSPS) is 14.2. The van der Waals surface area contributed by atoms with Crippen molar-refractivity contribution in [3.05, 3.63) is 47.5 Å². The maximum Gasteiger partial charge on any atom is 0.377 e. The van der Waals surface area contributed by atoms with E-state index in [2.05, 4.69) is 50.9 Å². The molecule has 0 bridgehead atoms. The van der Waals surface area contributed by atoms with E-state index >= 15 is 0 Å². The third kappa shape index (κ3) is 3.96. The molecule has 0 atom stereocenters. The van der Waals surface area contributed by atoms with E-state index in [0.29, 0.717) is 12.7 Å². The van der Waals surface area contributed by atoms with Gasteiger partial charge in [-0.25, -0.2) is 14.5 Å². The predicted molar refractivity (Wildman–Crippen MR) is 85.7 cm³/mol. The Hall–Kier alpha value is -2.21. The number of aryl methyl sites for hydroxylation is 1. The van der Waals surface area contributed by atoms with Gasteiger partial charge in [0.1, 0.15) is 6.33 Å². The van der Waals surface area contributed by atoms with Crippen LogP contribution in [0.2, 0.25) is 0 Å². The minimum atomic E-state index is -0.503. The maximum absolute atomic E-state index is 11.4. The fourth-order valence-corrected chi connectivity index (χ4v) is 2.58. The molecular formula is C17H22N4O2. The maximum atomic E-state index is 11.4. The Morgan fingerprint density at radius 1 is 1.30 bits per heavy atom. The molecule has 23 heavy (non-hydrogen) atoms.